The fourth-order valence-electron chi connectivity index (χ4n) is 3.60. The van der Waals surface area contributed by atoms with E-state index in [4.69, 9.17) is 4.42 Å². The summed E-state index contributed by atoms with van der Waals surface area (Å²) in [5, 5.41) is 9.37. The Labute approximate surface area is 222 Å². The fourth-order valence-corrected chi connectivity index (χ4v) is 4.42. The lowest BCUT2D eigenvalue weighted by molar-refractivity contribution is -0.118. The number of halogens is 3. The second-order valence-corrected chi connectivity index (χ2v) is 9.43. The molecule has 0 radical (unpaired) electrons. The first-order chi connectivity index (χ1) is 18.0. The minimum absolute atomic E-state index is 0.0171. The number of carbonyl (C=O) groups excluding carboxylic acids is 2. The molecule has 3 heterocycles. The minimum Gasteiger partial charge on any atom is -0.444 e. The van der Waals surface area contributed by atoms with E-state index in [1.807, 2.05) is 6.26 Å². The van der Waals surface area contributed by atoms with Crippen molar-refractivity contribution in [2.75, 3.05) is 40.6 Å². The van der Waals surface area contributed by atoms with Crippen molar-refractivity contribution in [2.45, 2.75) is 32.9 Å². The van der Waals surface area contributed by atoms with Crippen LogP contribution in [0.25, 0.3) is 11.5 Å². The Balaban J connectivity index is 1.80. The Kier molecular flexibility index (Phi) is 9.78. The molecule has 0 bridgehead atoms. The second-order valence-electron chi connectivity index (χ2n) is 8.52. The zero-order chi connectivity index (χ0) is 27.9. The Morgan fingerprint density at radius 1 is 1.29 bits per heavy atom. The third kappa shape index (κ3) is 7.73. The maximum absolute atomic E-state index is 13.0. The highest BCUT2D eigenvalue weighted by Crippen LogP contribution is 2.28. The van der Waals surface area contributed by atoms with Crippen LogP contribution in [0, 0.1) is 5.92 Å². The highest BCUT2D eigenvalue weighted by atomic mass is 32.2. The van der Waals surface area contributed by atoms with Gasteiger partial charge in [0.05, 0.1) is 6.20 Å². The van der Waals surface area contributed by atoms with Crippen LogP contribution < -0.4 is 15.5 Å². The van der Waals surface area contributed by atoms with E-state index in [1.165, 1.54) is 23.0 Å². The monoisotopic (exact) mass is 553 g/mol. The van der Waals surface area contributed by atoms with Crippen LogP contribution in [0.2, 0.25) is 0 Å². The molecule has 3 aromatic heterocycles. The predicted molar refractivity (Wildman–Crippen MR) is 140 cm³/mol. The number of hydrogen-bond donors (Lipinski definition) is 2. The summed E-state index contributed by atoms with van der Waals surface area (Å²) in [5.74, 6) is 0.767. The van der Waals surface area contributed by atoms with Crippen LogP contribution in [-0.4, -0.2) is 62.8 Å². The van der Waals surface area contributed by atoms with Crippen LogP contribution in [0.5, 0.6) is 0 Å². The van der Waals surface area contributed by atoms with Crippen LogP contribution in [0.4, 0.5) is 30.5 Å². The lowest BCUT2D eigenvalue weighted by Gasteiger charge is -2.25. The molecule has 0 saturated heterocycles. The van der Waals surface area contributed by atoms with Gasteiger partial charge in [0.1, 0.15) is 24.3 Å². The van der Waals surface area contributed by atoms with Crippen molar-refractivity contribution in [3.05, 3.63) is 36.5 Å². The number of rotatable bonds is 12. The van der Waals surface area contributed by atoms with Crippen molar-refractivity contribution in [3.63, 3.8) is 0 Å². The molecule has 1 unspecified atom stereocenters. The van der Waals surface area contributed by atoms with Crippen LogP contribution in [0.1, 0.15) is 37.2 Å². The number of nitrogens with zero attached hydrogens (tertiary/aromatic N) is 5. The van der Waals surface area contributed by atoms with Crippen molar-refractivity contribution in [3.8, 4) is 11.5 Å². The molecule has 0 aliphatic heterocycles. The molecule has 0 spiro atoms. The van der Waals surface area contributed by atoms with E-state index < -0.39 is 18.6 Å². The Bertz CT molecular complexity index is 1250. The molecule has 3 aromatic rings. The number of thioether (sulfide) groups is 1. The van der Waals surface area contributed by atoms with Crippen molar-refractivity contribution >= 4 is 40.9 Å². The van der Waals surface area contributed by atoms with E-state index in [0.29, 0.717) is 23.6 Å². The molecule has 0 fully saturated rings. The number of anilines is 3. The molecule has 0 aromatic carbocycles. The van der Waals surface area contributed by atoms with Crippen molar-refractivity contribution in [1.29, 1.82) is 0 Å². The van der Waals surface area contributed by atoms with Crippen LogP contribution in [0.15, 0.2) is 35.2 Å². The molecule has 2 N–H and O–H groups in total. The Morgan fingerprint density at radius 3 is 2.71 bits per heavy atom. The molecular formula is C24H30F3N7O3S. The van der Waals surface area contributed by atoms with Gasteiger partial charge in [0.2, 0.25) is 11.8 Å². The highest BCUT2D eigenvalue weighted by Gasteiger charge is 2.27. The SMILES string of the molecule is CCC(=O)N(CC(CC)CSC)c1nn(C)cc1NC(=O)c1coc(-c2ccnc(NCC(F)(F)F)c2)n1. The number of pyridine rings is 1. The second kappa shape index (κ2) is 12.8. The maximum Gasteiger partial charge on any atom is 0.405 e. The largest absolute Gasteiger partial charge is 0.444 e. The summed E-state index contributed by atoms with van der Waals surface area (Å²) in [7, 11) is 1.69. The molecule has 1 atom stereocenters. The molecule has 0 saturated carbocycles. The normalized spacial score (nSPS) is 12.3. The minimum atomic E-state index is -4.40. The third-order valence-electron chi connectivity index (χ3n) is 5.55. The van der Waals surface area contributed by atoms with Gasteiger partial charge in [-0.05, 0) is 30.1 Å². The molecule has 0 aliphatic rings. The quantitative estimate of drug-likeness (QED) is 0.328. The topological polar surface area (TPSA) is 118 Å². The van der Waals surface area contributed by atoms with Gasteiger partial charge in [-0.25, -0.2) is 9.97 Å². The van der Waals surface area contributed by atoms with E-state index in [0.717, 1.165) is 18.4 Å². The molecule has 0 aliphatic carbocycles. The summed E-state index contributed by atoms with van der Waals surface area (Å²) in [6, 6.07) is 2.84. The number of carbonyl (C=O) groups is 2. The average molecular weight is 554 g/mol. The number of alkyl halides is 3. The lowest BCUT2D eigenvalue weighted by atomic mass is 10.1. The van der Waals surface area contributed by atoms with Crippen molar-refractivity contribution in [1.82, 2.24) is 19.7 Å². The number of aryl methyl sites for hydroxylation is 1. The van der Waals surface area contributed by atoms with E-state index >= 15 is 0 Å². The zero-order valence-corrected chi connectivity index (χ0v) is 22.3. The predicted octanol–water partition coefficient (Wildman–Crippen LogP) is 4.83. The molecule has 3 rings (SSSR count). The van der Waals surface area contributed by atoms with Crippen LogP contribution in [0.3, 0.4) is 0 Å². The number of oxazole rings is 1. The fraction of sp³-hybridized carbons (Fsp3) is 0.458. The zero-order valence-electron chi connectivity index (χ0n) is 21.5. The summed E-state index contributed by atoms with van der Waals surface area (Å²) in [4.78, 5) is 35.5. The van der Waals surface area contributed by atoms with Gasteiger partial charge in [-0.1, -0.05) is 20.3 Å². The first kappa shape index (κ1) is 29.0. The van der Waals surface area contributed by atoms with Gasteiger partial charge in [0.25, 0.3) is 5.91 Å². The molecule has 14 heteroatoms. The molecule has 10 nitrogen and oxygen atoms in total. The van der Waals surface area contributed by atoms with Crippen LogP contribution in [-0.2, 0) is 11.8 Å². The van der Waals surface area contributed by atoms with Gasteiger partial charge in [-0.15, -0.1) is 0 Å². The molecule has 206 valence electrons. The van der Waals surface area contributed by atoms with E-state index in [-0.39, 0.29) is 35.6 Å². The number of amides is 2. The summed E-state index contributed by atoms with van der Waals surface area (Å²) < 4.78 is 44.4. The van der Waals surface area contributed by atoms with Crippen molar-refractivity contribution < 1.29 is 27.2 Å². The summed E-state index contributed by atoms with van der Waals surface area (Å²) in [6.45, 7) is 3.05. The summed E-state index contributed by atoms with van der Waals surface area (Å²) >= 11 is 1.70. The van der Waals surface area contributed by atoms with E-state index in [1.54, 1.807) is 36.8 Å². The van der Waals surface area contributed by atoms with Crippen molar-refractivity contribution in [2.24, 2.45) is 13.0 Å². The van der Waals surface area contributed by atoms with E-state index in [9.17, 15) is 22.8 Å². The Morgan fingerprint density at radius 2 is 2.05 bits per heavy atom. The average Bonchev–Trinajstić information content (AvgIpc) is 3.51. The lowest BCUT2D eigenvalue weighted by Crippen LogP contribution is -2.36. The number of nitrogens with one attached hydrogen (secondary N) is 2. The maximum atomic E-state index is 13.0. The summed E-state index contributed by atoms with van der Waals surface area (Å²) in [6.07, 6.45) is 2.82. The summed E-state index contributed by atoms with van der Waals surface area (Å²) in [5.41, 5.74) is 0.619. The number of aromatic nitrogens is 4. The van der Waals surface area contributed by atoms with Gasteiger partial charge in [0, 0.05) is 31.8 Å². The van der Waals surface area contributed by atoms with Crippen LogP contribution >= 0.6 is 11.8 Å². The first-order valence-corrected chi connectivity index (χ1v) is 13.3. The molecule has 2 amide bonds. The van der Waals surface area contributed by atoms with Gasteiger partial charge >= 0.3 is 6.18 Å². The number of hydrogen-bond acceptors (Lipinski definition) is 8. The molecule has 38 heavy (non-hydrogen) atoms. The van der Waals surface area contributed by atoms with Gasteiger partial charge in [-0.3, -0.25) is 19.2 Å². The van der Waals surface area contributed by atoms with E-state index in [2.05, 4.69) is 32.6 Å². The molecular weight excluding hydrogens is 523 g/mol. The van der Waals surface area contributed by atoms with Gasteiger partial charge in [-0.2, -0.15) is 30.0 Å². The smallest absolute Gasteiger partial charge is 0.405 e. The first-order valence-electron chi connectivity index (χ1n) is 11.9. The standard InChI is InChI=1S/C24H30F3N7O3S/c1-5-15(13-38-4)10-34(20(35)6-2)21-17(11-33(3)32-21)30-22(36)18-12-37-23(31-18)16-7-8-28-19(9-16)29-14-24(25,26)27/h7-9,11-12,15H,5-6,10,13-14H2,1-4H3,(H,28,29)(H,30,36). The third-order valence-corrected chi connectivity index (χ3v) is 6.36. The highest BCUT2D eigenvalue weighted by molar-refractivity contribution is 7.98. The Hall–Kier alpha value is -3.55. The van der Waals surface area contributed by atoms with Gasteiger partial charge in [0.15, 0.2) is 11.5 Å². The van der Waals surface area contributed by atoms with Gasteiger partial charge < -0.3 is 15.1 Å².